The molecule has 2 unspecified atom stereocenters. The lowest BCUT2D eigenvalue weighted by molar-refractivity contribution is 0.630. The number of hydrogen-bond donors (Lipinski definition) is 1. The number of nitrogens with two attached hydrogens (primary N) is 1. The summed E-state index contributed by atoms with van der Waals surface area (Å²) in [5.74, 6) is 0. The Bertz CT molecular complexity index is 554. The standard InChI is InChI=1S/C16H21N3S/c1-4-14(17)15(13-8-6-5-7-12(13)3)20-16-18-9-11(2)10-19-16/h5-10,14-15H,4,17H2,1-3H3. The van der Waals surface area contributed by atoms with Crippen molar-refractivity contribution in [3.05, 3.63) is 53.3 Å². The van der Waals surface area contributed by atoms with Gasteiger partial charge in [0.05, 0.1) is 5.25 Å². The Balaban J connectivity index is 2.29. The molecule has 3 nitrogen and oxygen atoms in total. The quantitative estimate of drug-likeness (QED) is 0.673. The Morgan fingerprint density at radius 1 is 1.15 bits per heavy atom. The number of hydrogen-bond acceptors (Lipinski definition) is 4. The number of thioether (sulfide) groups is 1. The Morgan fingerprint density at radius 2 is 1.80 bits per heavy atom. The summed E-state index contributed by atoms with van der Waals surface area (Å²) in [6.07, 6.45) is 4.63. The van der Waals surface area contributed by atoms with E-state index < -0.39 is 0 Å². The van der Waals surface area contributed by atoms with Gasteiger partial charge in [-0.2, -0.15) is 0 Å². The van der Waals surface area contributed by atoms with Gasteiger partial charge in [0.15, 0.2) is 5.16 Å². The summed E-state index contributed by atoms with van der Waals surface area (Å²) < 4.78 is 0. The number of aromatic nitrogens is 2. The lowest BCUT2D eigenvalue weighted by Gasteiger charge is -2.23. The van der Waals surface area contributed by atoms with Gasteiger partial charge in [-0.05, 0) is 37.0 Å². The van der Waals surface area contributed by atoms with Gasteiger partial charge in [0.1, 0.15) is 0 Å². The van der Waals surface area contributed by atoms with E-state index in [1.165, 1.54) is 11.1 Å². The van der Waals surface area contributed by atoms with Gasteiger partial charge in [0.2, 0.25) is 0 Å². The molecule has 4 heteroatoms. The molecule has 0 aliphatic heterocycles. The van der Waals surface area contributed by atoms with E-state index in [1.54, 1.807) is 11.8 Å². The maximum atomic E-state index is 6.32. The van der Waals surface area contributed by atoms with Gasteiger partial charge in [0.25, 0.3) is 0 Å². The van der Waals surface area contributed by atoms with Gasteiger partial charge in [-0.1, -0.05) is 43.0 Å². The molecule has 0 saturated carbocycles. The molecule has 2 N–H and O–H groups in total. The Labute approximate surface area is 125 Å². The Morgan fingerprint density at radius 3 is 2.40 bits per heavy atom. The summed E-state index contributed by atoms with van der Waals surface area (Å²) in [5.41, 5.74) is 9.93. The zero-order valence-corrected chi connectivity index (χ0v) is 13.0. The van der Waals surface area contributed by atoms with Crippen LogP contribution < -0.4 is 5.73 Å². The van der Waals surface area contributed by atoms with E-state index in [0.29, 0.717) is 0 Å². The highest BCUT2D eigenvalue weighted by molar-refractivity contribution is 7.99. The highest BCUT2D eigenvalue weighted by Crippen LogP contribution is 2.37. The molecule has 2 rings (SSSR count). The van der Waals surface area contributed by atoms with Gasteiger partial charge >= 0.3 is 0 Å². The molecule has 0 saturated heterocycles. The van der Waals surface area contributed by atoms with Crippen molar-refractivity contribution in [2.45, 2.75) is 43.6 Å². The molecular weight excluding hydrogens is 266 g/mol. The molecule has 106 valence electrons. The van der Waals surface area contributed by atoms with Crippen LogP contribution in [0.15, 0.2) is 41.8 Å². The lowest BCUT2D eigenvalue weighted by Crippen LogP contribution is -2.26. The average molecular weight is 287 g/mol. The zero-order chi connectivity index (χ0) is 14.5. The predicted molar refractivity (Wildman–Crippen MR) is 84.8 cm³/mol. The second-order valence-electron chi connectivity index (χ2n) is 5.01. The van der Waals surface area contributed by atoms with E-state index in [4.69, 9.17) is 5.73 Å². The number of nitrogens with zero attached hydrogens (tertiary/aromatic N) is 2. The van der Waals surface area contributed by atoms with Crippen molar-refractivity contribution < 1.29 is 0 Å². The number of rotatable bonds is 5. The Hall–Kier alpha value is -1.39. The Kier molecular flexibility index (Phi) is 5.15. The smallest absolute Gasteiger partial charge is 0.188 e. The first kappa shape index (κ1) is 15.0. The van der Waals surface area contributed by atoms with Gasteiger partial charge in [0, 0.05) is 18.4 Å². The van der Waals surface area contributed by atoms with Crippen LogP contribution in [-0.4, -0.2) is 16.0 Å². The van der Waals surface area contributed by atoms with E-state index in [2.05, 4.69) is 48.1 Å². The van der Waals surface area contributed by atoms with Crippen molar-refractivity contribution in [2.24, 2.45) is 5.73 Å². The van der Waals surface area contributed by atoms with Gasteiger partial charge in [-0.15, -0.1) is 0 Å². The van der Waals surface area contributed by atoms with Crippen LogP contribution in [0.3, 0.4) is 0 Å². The van der Waals surface area contributed by atoms with Gasteiger partial charge in [-0.3, -0.25) is 0 Å². The monoisotopic (exact) mass is 287 g/mol. The van der Waals surface area contributed by atoms with Crippen LogP contribution in [0.25, 0.3) is 0 Å². The van der Waals surface area contributed by atoms with E-state index >= 15 is 0 Å². The molecule has 0 bridgehead atoms. The van der Waals surface area contributed by atoms with E-state index in [1.807, 2.05) is 19.3 Å². The van der Waals surface area contributed by atoms with Crippen molar-refractivity contribution in [2.75, 3.05) is 0 Å². The zero-order valence-electron chi connectivity index (χ0n) is 12.2. The van der Waals surface area contributed by atoms with Crippen LogP contribution in [0.2, 0.25) is 0 Å². The lowest BCUT2D eigenvalue weighted by atomic mass is 10.00. The van der Waals surface area contributed by atoms with E-state index in [9.17, 15) is 0 Å². The molecule has 1 aromatic heterocycles. The first-order valence-corrected chi connectivity index (χ1v) is 7.76. The molecule has 0 radical (unpaired) electrons. The summed E-state index contributed by atoms with van der Waals surface area (Å²) in [6, 6.07) is 8.48. The fraction of sp³-hybridized carbons (Fsp3) is 0.375. The second kappa shape index (κ2) is 6.86. The second-order valence-corrected chi connectivity index (χ2v) is 6.12. The molecule has 2 aromatic rings. The predicted octanol–water partition coefficient (Wildman–Crippen LogP) is 3.66. The maximum absolute atomic E-state index is 6.32. The minimum absolute atomic E-state index is 0.0889. The van der Waals surface area contributed by atoms with Crippen LogP contribution >= 0.6 is 11.8 Å². The van der Waals surface area contributed by atoms with Crippen LogP contribution in [0.1, 0.15) is 35.3 Å². The molecule has 0 fully saturated rings. The SMILES string of the molecule is CCC(N)C(Sc1ncc(C)cn1)c1ccccc1C. The molecule has 0 aliphatic carbocycles. The molecule has 1 heterocycles. The molecule has 0 aliphatic rings. The molecule has 2 atom stereocenters. The average Bonchev–Trinajstić information content (AvgIpc) is 2.47. The number of benzene rings is 1. The van der Waals surface area contributed by atoms with Crippen LogP contribution in [0.4, 0.5) is 0 Å². The molecule has 0 amide bonds. The largest absolute Gasteiger partial charge is 0.326 e. The molecule has 20 heavy (non-hydrogen) atoms. The normalized spacial score (nSPS) is 14.0. The van der Waals surface area contributed by atoms with Crippen LogP contribution in [-0.2, 0) is 0 Å². The van der Waals surface area contributed by atoms with Gasteiger partial charge < -0.3 is 5.73 Å². The van der Waals surface area contributed by atoms with Crippen LogP contribution in [0, 0.1) is 13.8 Å². The van der Waals surface area contributed by atoms with E-state index in [-0.39, 0.29) is 11.3 Å². The molecular formula is C16H21N3S. The third kappa shape index (κ3) is 3.58. The number of aryl methyl sites for hydroxylation is 2. The first-order chi connectivity index (χ1) is 9.61. The minimum Gasteiger partial charge on any atom is -0.326 e. The molecule has 1 aromatic carbocycles. The van der Waals surface area contributed by atoms with Crippen LogP contribution in [0.5, 0.6) is 0 Å². The summed E-state index contributed by atoms with van der Waals surface area (Å²) in [5, 5.41) is 0.969. The summed E-state index contributed by atoms with van der Waals surface area (Å²) >= 11 is 1.65. The van der Waals surface area contributed by atoms with Crippen molar-refractivity contribution in [3.63, 3.8) is 0 Å². The summed E-state index contributed by atoms with van der Waals surface area (Å²) in [7, 11) is 0. The van der Waals surface area contributed by atoms with Crippen molar-refractivity contribution >= 4 is 11.8 Å². The summed E-state index contributed by atoms with van der Waals surface area (Å²) in [6.45, 7) is 6.23. The van der Waals surface area contributed by atoms with Gasteiger partial charge in [-0.25, -0.2) is 9.97 Å². The molecule has 0 spiro atoms. The van der Waals surface area contributed by atoms with Crippen molar-refractivity contribution in [1.82, 2.24) is 9.97 Å². The van der Waals surface area contributed by atoms with E-state index in [0.717, 1.165) is 17.1 Å². The fourth-order valence-corrected chi connectivity index (χ4v) is 3.27. The topological polar surface area (TPSA) is 51.8 Å². The highest BCUT2D eigenvalue weighted by atomic mass is 32.2. The maximum Gasteiger partial charge on any atom is 0.188 e. The fourth-order valence-electron chi connectivity index (χ4n) is 2.06. The first-order valence-electron chi connectivity index (χ1n) is 6.88. The highest BCUT2D eigenvalue weighted by Gasteiger charge is 2.22. The minimum atomic E-state index is 0.0889. The third-order valence-corrected chi connectivity index (χ3v) is 4.62. The summed E-state index contributed by atoms with van der Waals surface area (Å²) in [4.78, 5) is 8.77. The third-order valence-electron chi connectivity index (χ3n) is 3.34. The van der Waals surface area contributed by atoms with Crippen molar-refractivity contribution in [1.29, 1.82) is 0 Å². The van der Waals surface area contributed by atoms with Crippen molar-refractivity contribution in [3.8, 4) is 0 Å².